The lowest BCUT2D eigenvalue weighted by Crippen LogP contribution is -1.92. The Morgan fingerprint density at radius 1 is 1.40 bits per heavy atom. The fourth-order valence-corrected chi connectivity index (χ4v) is 1.51. The van der Waals surface area contributed by atoms with Gasteiger partial charge >= 0.3 is 5.97 Å². The normalized spacial score (nSPS) is 11.5. The van der Waals surface area contributed by atoms with Gasteiger partial charge < -0.3 is 5.11 Å². The van der Waals surface area contributed by atoms with Gasteiger partial charge in [0.15, 0.2) is 0 Å². The molecule has 1 aromatic carbocycles. The standard InChI is InChI=1S/C12H13ClO2/c1-2-3-10(8-12(14)15)9-4-6-11(13)7-5-9/h4-8H,2-3H2,1H3,(H,14,15)/b10-8+. The van der Waals surface area contributed by atoms with Crippen molar-refractivity contribution in [3.05, 3.63) is 40.9 Å². The molecular weight excluding hydrogens is 212 g/mol. The van der Waals surface area contributed by atoms with Crippen molar-refractivity contribution >= 4 is 23.1 Å². The predicted molar refractivity (Wildman–Crippen MR) is 62.0 cm³/mol. The summed E-state index contributed by atoms with van der Waals surface area (Å²) < 4.78 is 0. The van der Waals surface area contributed by atoms with Crippen LogP contribution in [0.15, 0.2) is 30.3 Å². The van der Waals surface area contributed by atoms with Crippen molar-refractivity contribution in [2.45, 2.75) is 19.8 Å². The maximum absolute atomic E-state index is 10.6. The monoisotopic (exact) mass is 224 g/mol. The van der Waals surface area contributed by atoms with Crippen molar-refractivity contribution in [2.24, 2.45) is 0 Å². The van der Waals surface area contributed by atoms with E-state index in [1.54, 1.807) is 12.1 Å². The van der Waals surface area contributed by atoms with E-state index in [2.05, 4.69) is 0 Å². The summed E-state index contributed by atoms with van der Waals surface area (Å²) in [5.74, 6) is -0.909. The smallest absolute Gasteiger partial charge is 0.328 e. The Morgan fingerprint density at radius 2 is 2.00 bits per heavy atom. The molecule has 0 fully saturated rings. The molecule has 2 nitrogen and oxygen atoms in total. The van der Waals surface area contributed by atoms with Crippen LogP contribution in [0.1, 0.15) is 25.3 Å². The molecular formula is C12H13ClO2. The molecule has 15 heavy (non-hydrogen) atoms. The molecule has 0 saturated carbocycles. The molecule has 0 radical (unpaired) electrons. The Hall–Kier alpha value is -1.28. The van der Waals surface area contributed by atoms with Gasteiger partial charge in [0.2, 0.25) is 0 Å². The zero-order valence-corrected chi connectivity index (χ0v) is 9.29. The molecule has 0 amide bonds. The van der Waals surface area contributed by atoms with E-state index in [0.29, 0.717) is 5.02 Å². The topological polar surface area (TPSA) is 37.3 Å². The highest BCUT2D eigenvalue weighted by atomic mass is 35.5. The lowest BCUT2D eigenvalue weighted by Gasteiger charge is -2.05. The molecule has 0 aliphatic rings. The molecule has 0 unspecified atom stereocenters. The first-order valence-corrected chi connectivity index (χ1v) is 5.20. The average Bonchev–Trinajstić information content (AvgIpc) is 2.17. The van der Waals surface area contributed by atoms with E-state index >= 15 is 0 Å². The van der Waals surface area contributed by atoms with Crippen molar-refractivity contribution in [2.75, 3.05) is 0 Å². The van der Waals surface area contributed by atoms with Crippen LogP contribution in [0.25, 0.3) is 5.57 Å². The highest BCUT2D eigenvalue weighted by Gasteiger charge is 2.03. The third-order valence-electron chi connectivity index (χ3n) is 2.03. The lowest BCUT2D eigenvalue weighted by molar-refractivity contribution is -0.131. The zero-order valence-electron chi connectivity index (χ0n) is 8.53. The Balaban J connectivity index is 2.99. The fourth-order valence-electron chi connectivity index (χ4n) is 1.38. The van der Waals surface area contributed by atoms with E-state index in [0.717, 1.165) is 24.0 Å². The summed E-state index contributed by atoms with van der Waals surface area (Å²) in [7, 11) is 0. The van der Waals surface area contributed by atoms with Crippen LogP contribution >= 0.6 is 11.6 Å². The largest absolute Gasteiger partial charge is 0.478 e. The summed E-state index contributed by atoms with van der Waals surface area (Å²) in [6.45, 7) is 2.02. The van der Waals surface area contributed by atoms with Gasteiger partial charge in [-0.3, -0.25) is 0 Å². The maximum atomic E-state index is 10.6. The van der Waals surface area contributed by atoms with Crippen molar-refractivity contribution in [3.63, 3.8) is 0 Å². The average molecular weight is 225 g/mol. The van der Waals surface area contributed by atoms with Gasteiger partial charge in [0.25, 0.3) is 0 Å². The third kappa shape index (κ3) is 3.76. The summed E-state index contributed by atoms with van der Waals surface area (Å²) in [4.78, 5) is 10.6. The Kier molecular flexibility index (Phi) is 4.37. The first kappa shape index (κ1) is 11.8. The van der Waals surface area contributed by atoms with Gasteiger partial charge in [-0.2, -0.15) is 0 Å². The van der Waals surface area contributed by atoms with Gasteiger partial charge in [-0.15, -0.1) is 0 Å². The second-order valence-corrected chi connectivity index (χ2v) is 3.70. The van der Waals surface area contributed by atoms with E-state index in [4.69, 9.17) is 16.7 Å². The van der Waals surface area contributed by atoms with Gasteiger partial charge in [0.05, 0.1) is 0 Å². The molecule has 0 aromatic heterocycles. The molecule has 0 aliphatic heterocycles. The van der Waals surface area contributed by atoms with Crippen LogP contribution in [0, 0.1) is 0 Å². The van der Waals surface area contributed by atoms with E-state index in [9.17, 15) is 4.79 Å². The minimum absolute atomic E-state index is 0.657. The number of carboxylic acid groups (broad SMARTS) is 1. The predicted octanol–water partition coefficient (Wildman–Crippen LogP) is 3.61. The van der Waals surface area contributed by atoms with E-state index < -0.39 is 5.97 Å². The third-order valence-corrected chi connectivity index (χ3v) is 2.28. The Bertz CT molecular complexity index is 366. The fraction of sp³-hybridized carbons (Fsp3) is 0.250. The Morgan fingerprint density at radius 3 is 2.47 bits per heavy atom. The molecule has 1 aromatic rings. The van der Waals surface area contributed by atoms with Crippen molar-refractivity contribution in [1.29, 1.82) is 0 Å². The molecule has 0 spiro atoms. The second kappa shape index (κ2) is 5.56. The van der Waals surface area contributed by atoms with E-state index in [1.165, 1.54) is 6.08 Å². The second-order valence-electron chi connectivity index (χ2n) is 3.26. The molecule has 0 bridgehead atoms. The summed E-state index contributed by atoms with van der Waals surface area (Å²) in [6.07, 6.45) is 2.93. The van der Waals surface area contributed by atoms with Crippen LogP contribution in [0.2, 0.25) is 5.02 Å². The first-order chi connectivity index (χ1) is 7.13. The summed E-state index contributed by atoms with van der Waals surface area (Å²) in [5.41, 5.74) is 1.75. The van der Waals surface area contributed by atoms with Gasteiger partial charge in [-0.05, 0) is 29.7 Å². The number of benzene rings is 1. The van der Waals surface area contributed by atoms with Gasteiger partial charge in [0.1, 0.15) is 0 Å². The van der Waals surface area contributed by atoms with Crippen molar-refractivity contribution in [3.8, 4) is 0 Å². The number of rotatable bonds is 4. The zero-order chi connectivity index (χ0) is 11.3. The van der Waals surface area contributed by atoms with Gasteiger partial charge in [-0.1, -0.05) is 37.1 Å². The van der Waals surface area contributed by atoms with Crippen LogP contribution in [0.3, 0.4) is 0 Å². The van der Waals surface area contributed by atoms with Crippen LogP contribution in [0.4, 0.5) is 0 Å². The van der Waals surface area contributed by atoms with Crippen LogP contribution in [0.5, 0.6) is 0 Å². The van der Waals surface area contributed by atoms with Gasteiger partial charge in [0, 0.05) is 11.1 Å². The van der Waals surface area contributed by atoms with Crippen LogP contribution in [-0.2, 0) is 4.79 Å². The molecule has 1 N–H and O–H groups in total. The SMILES string of the molecule is CCC/C(=C\C(=O)O)c1ccc(Cl)cc1. The molecule has 0 atom stereocenters. The number of halogens is 1. The molecule has 1 rings (SSSR count). The molecule has 3 heteroatoms. The number of hydrogen-bond acceptors (Lipinski definition) is 1. The number of carbonyl (C=O) groups is 1. The number of allylic oxidation sites excluding steroid dienone is 1. The number of carboxylic acids is 1. The van der Waals surface area contributed by atoms with E-state index in [1.807, 2.05) is 19.1 Å². The van der Waals surface area contributed by atoms with Gasteiger partial charge in [-0.25, -0.2) is 4.79 Å². The summed E-state index contributed by atoms with van der Waals surface area (Å²) in [6, 6.07) is 7.21. The molecule has 0 heterocycles. The van der Waals surface area contributed by atoms with Crippen molar-refractivity contribution < 1.29 is 9.90 Å². The van der Waals surface area contributed by atoms with Crippen LogP contribution in [-0.4, -0.2) is 11.1 Å². The molecule has 0 aliphatic carbocycles. The number of hydrogen-bond donors (Lipinski definition) is 1. The maximum Gasteiger partial charge on any atom is 0.328 e. The lowest BCUT2D eigenvalue weighted by atomic mass is 10.0. The van der Waals surface area contributed by atoms with Crippen molar-refractivity contribution in [1.82, 2.24) is 0 Å². The molecule has 0 saturated heterocycles. The van der Waals surface area contributed by atoms with E-state index in [-0.39, 0.29) is 0 Å². The first-order valence-electron chi connectivity index (χ1n) is 4.83. The quantitative estimate of drug-likeness (QED) is 0.794. The van der Waals surface area contributed by atoms with Crippen LogP contribution < -0.4 is 0 Å². The highest BCUT2D eigenvalue weighted by molar-refractivity contribution is 6.30. The Labute approximate surface area is 94.2 Å². The highest BCUT2D eigenvalue weighted by Crippen LogP contribution is 2.21. The number of aliphatic carboxylic acids is 1. The molecule has 80 valence electrons. The summed E-state index contributed by atoms with van der Waals surface area (Å²) in [5, 5.41) is 9.38. The summed E-state index contributed by atoms with van der Waals surface area (Å²) >= 11 is 5.76. The minimum atomic E-state index is -0.909. The minimum Gasteiger partial charge on any atom is -0.478 e.